The molecule has 0 bridgehead atoms. The minimum Gasteiger partial charge on any atom is -0.478 e. The second kappa shape index (κ2) is 5.69. The molecule has 110 valence electrons. The predicted octanol–water partition coefficient (Wildman–Crippen LogP) is 2.51. The summed E-state index contributed by atoms with van der Waals surface area (Å²) in [6.45, 7) is 5.65. The molecule has 5 nitrogen and oxygen atoms in total. The molecule has 2 aromatic rings. The van der Waals surface area contributed by atoms with E-state index in [0.717, 1.165) is 38.2 Å². The number of hydrogen-bond acceptors (Lipinski definition) is 3. The molecule has 1 aliphatic rings. The predicted molar refractivity (Wildman–Crippen MR) is 78.9 cm³/mol. The average molecular weight is 285 g/mol. The van der Waals surface area contributed by atoms with Crippen LogP contribution in [0.1, 0.15) is 40.5 Å². The van der Waals surface area contributed by atoms with E-state index in [-0.39, 0.29) is 0 Å². The van der Waals surface area contributed by atoms with E-state index in [4.69, 9.17) is 5.11 Å². The fraction of sp³-hybridized carbons (Fsp3) is 0.375. The van der Waals surface area contributed by atoms with Gasteiger partial charge in [-0.25, -0.2) is 9.78 Å². The Kier molecular flexibility index (Phi) is 3.75. The number of benzene rings is 1. The Morgan fingerprint density at radius 3 is 2.90 bits per heavy atom. The molecule has 0 unspecified atom stereocenters. The largest absolute Gasteiger partial charge is 0.478 e. The first-order valence-electron chi connectivity index (χ1n) is 7.24. The molecule has 0 amide bonds. The van der Waals surface area contributed by atoms with Crippen molar-refractivity contribution in [1.29, 1.82) is 0 Å². The lowest BCUT2D eigenvalue weighted by atomic mass is 10.1. The average Bonchev–Trinajstić information content (AvgIpc) is 3.05. The first-order valence-corrected chi connectivity index (χ1v) is 7.24. The number of aromatic nitrogens is 2. The summed E-state index contributed by atoms with van der Waals surface area (Å²) < 4.78 is 2.19. The maximum absolute atomic E-state index is 11.0. The Morgan fingerprint density at radius 2 is 2.14 bits per heavy atom. The Bertz CT molecular complexity index is 663. The van der Waals surface area contributed by atoms with Crippen molar-refractivity contribution in [3.8, 4) is 0 Å². The highest BCUT2D eigenvalue weighted by Gasteiger charge is 2.21. The standard InChI is InChI=1S/C16H19N3O2/c1-2-5-19-11-17-7-15(19)10-18-8-13-4-3-12(16(20)21)6-14(13)9-18/h3-4,6-7,11H,2,5,8-10H2,1H3,(H,20,21). The number of carboxylic acids is 1. The highest BCUT2D eigenvalue weighted by molar-refractivity contribution is 5.87. The molecule has 21 heavy (non-hydrogen) atoms. The van der Waals surface area contributed by atoms with Crippen LogP contribution in [0.25, 0.3) is 0 Å². The van der Waals surface area contributed by atoms with E-state index < -0.39 is 5.97 Å². The zero-order valence-electron chi connectivity index (χ0n) is 12.1. The molecular formula is C16H19N3O2. The third-order valence-corrected chi connectivity index (χ3v) is 3.89. The van der Waals surface area contributed by atoms with Crippen LogP contribution in [0.2, 0.25) is 0 Å². The van der Waals surface area contributed by atoms with E-state index in [1.807, 2.05) is 18.6 Å². The monoisotopic (exact) mass is 285 g/mol. The van der Waals surface area contributed by atoms with E-state index in [9.17, 15) is 4.79 Å². The van der Waals surface area contributed by atoms with Gasteiger partial charge in [-0.3, -0.25) is 4.90 Å². The fourth-order valence-corrected chi connectivity index (χ4v) is 2.86. The van der Waals surface area contributed by atoms with E-state index in [0.29, 0.717) is 5.56 Å². The third-order valence-electron chi connectivity index (χ3n) is 3.89. The number of hydrogen-bond donors (Lipinski definition) is 1. The maximum atomic E-state index is 11.0. The van der Waals surface area contributed by atoms with Crippen molar-refractivity contribution in [1.82, 2.24) is 14.5 Å². The van der Waals surface area contributed by atoms with Gasteiger partial charge in [0.1, 0.15) is 0 Å². The van der Waals surface area contributed by atoms with E-state index in [1.165, 1.54) is 11.3 Å². The van der Waals surface area contributed by atoms with E-state index in [2.05, 4.69) is 21.4 Å². The third kappa shape index (κ3) is 2.83. The number of aryl methyl sites for hydroxylation is 1. The minimum absolute atomic E-state index is 0.367. The van der Waals surface area contributed by atoms with E-state index >= 15 is 0 Å². The van der Waals surface area contributed by atoms with Crippen LogP contribution in [0, 0.1) is 0 Å². The van der Waals surface area contributed by atoms with Gasteiger partial charge in [-0.1, -0.05) is 13.0 Å². The Morgan fingerprint density at radius 1 is 1.33 bits per heavy atom. The first kappa shape index (κ1) is 13.8. The second-order valence-electron chi connectivity index (χ2n) is 5.51. The smallest absolute Gasteiger partial charge is 0.335 e. The quantitative estimate of drug-likeness (QED) is 0.917. The normalized spacial score (nSPS) is 14.3. The van der Waals surface area contributed by atoms with Gasteiger partial charge in [0.05, 0.1) is 17.6 Å². The van der Waals surface area contributed by atoms with Gasteiger partial charge in [-0.2, -0.15) is 0 Å². The molecule has 1 N–H and O–H groups in total. The van der Waals surface area contributed by atoms with Crippen molar-refractivity contribution >= 4 is 5.97 Å². The molecule has 0 fully saturated rings. The van der Waals surface area contributed by atoms with Crippen LogP contribution in [-0.2, 0) is 26.2 Å². The summed E-state index contributed by atoms with van der Waals surface area (Å²) >= 11 is 0. The van der Waals surface area contributed by atoms with Crippen LogP contribution in [0.5, 0.6) is 0 Å². The number of fused-ring (bicyclic) bond motifs is 1. The minimum atomic E-state index is -0.864. The molecule has 1 aromatic carbocycles. The summed E-state index contributed by atoms with van der Waals surface area (Å²) in [5, 5.41) is 9.06. The number of carboxylic acid groups (broad SMARTS) is 1. The fourth-order valence-electron chi connectivity index (χ4n) is 2.86. The molecule has 0 radical (unpaired) electrons. The summed E-state index contributed by atoms with van der Waals surface area (Å²) in [6.07, 6.45) is 4.89. The summed E-state index contributed by atoms with van der Waals surface area (Å²) in [5.74, 6) is -0.864. The number of nitrogens with zero attached hydrogens (tertiary/aromatic N) is 3. The zero-order valence-corrected chi connectivity index (χ0v) is 12.1. The molecule has 5 heteroatoms. The van der Waals surface area contributed by atoms with Crippen molar-refractivity contribution in [2.45, 2.75) is 39.5 Å². The first-order chi connectivity index (χ1) is 10.2. The topological polar surface area (TPSA) is 58.4 Å². The number of imidazole rings is 1. The zero-order chi connectivity index (χ0) is 14.8. The van der Waals surface area contributed by atoms with Crippen molar-refractivity contribution in [2.24, 2.45) is 0 Å². The van der Waals surface area contributed by atoms with E-state index in [1.54, 1.807) is 12.1 Å². The Hall–Kier alpha value is -2.14. The second-order valence-corrected chi connectivity index (χ2v) is 5.51. The highest BCUT2D eigenvalue weighted by atomic mass is 16.4. The van der Waals surface area contributed by atoms with Gasteiger partial charge < -0.3 is 9.67 Å². The summed E-state index contributed by atoms with van der Waals surface area (Å²) in [5.41, 5.74) is 3.92. The van der Waals surface area contributed by atoms with Gasteiger partial charge in [0.15, 0.2) is 0 Å². The van der Waals surface area contributed by atoms with Crippen molar-refractivity contribution in [3.05, 3.63) is 53.1 Å². The Labute approximate surface area is 123 Å². The maximum Gasteiger partial charge on any atom is 0.335 e. The summed E-state index contributed by atoms with van der Waals surface area (Å²) in [6, 6.07) is 5.41. The van der Waals surface area contributed by atoms with Crippen LogP contribution >= 0.6 is 0 Å². The number of rotatable bonds is 5. The molecule has 0 atom stereocenters. The van der Waals surface area contributed by atoms with Crippen LogP contribution in [0.4, 0.5) is 0 Å². The molecule has 3 rings (SSSR count). The lowest BCUT2D eigenvalue weighted by molar-refractivity contribution is 0.0696. The van der Waals surface area contributed by atoms with Gasteiger partial charge in [-0.15, -0.1) is 0 Å². The molecule has 0 spiro atoms. The molecule has 0 aliphatic carbocycles. The lowest BCUT2D eigenvalue weighted by Crippen LogP contribution is -2.18. The molecule has 0 saturated heterocycles. The molecule has 1 aliphatic heterocycles. The van der Waals surface area contributed by atoms with Gasteiger partial charge in [0.25, 0.3) is 0 Å². The summed E-state index contributed by atoms with van der Waals surface area (Å²) in [7, 11) is 0. The van der Waals surface area contributed by atoms with Gasteiger partial charge in [0.2, 0.25) is 0 Å². The van der Waals surface area contributed by atoms with Crippen molar-refractivity contribution < 1.29 is 9.90 Å². The SMILES string of the molecule is CCCn1cncc1CN1Cc2ccc(C(=O)O)cc2C1. The summed E-state index contributed by atoms with van der Waals surface area (Å²) in [4.78, 5) is 17.6. The Balaban J connectivity index is 1.72. The van der Waals surface area contributed by atoms with Crippen LogP contribution in [0.3, 0.4) is 0 Å². The van der Waals surface area contributed by atoms with Gasteiger partial charge >= 0.3 is 5.97 Å². The molecule has 2 heterocycles. The van der Waals surface area contributed by atoms with Crippen LogP contribution in [0.15, 0.2) is 30.7 Å². The number of carbonyl (C=O) groups is 1. The molecule has 1 aromatic heterocycles. The highest BCUT2D eigenvalue weighted by Crippen LogP contribution is 2.25. The van der Waals surface area contributed by atoms with Crippen LogP contribution in [-0.4, -0.2) is 25.5 Å². The number of aromatic carboxylic acids is 1. The van der Waals surface area contributed by atoms with Crippen molar-refractivity contribution in [2.75, 3.05) is 0 Å². The molecule has 0 saturated carbocycles. The van der Waals surface area contributed by atoms with Gasteiger partial charge in [-0.05, 0) is 29.7 Å². The molecular weight excluding hydrogens is 266 g/mol. The van der Waals surface area contributed by atoms with Crippen LogP contribution < -0.4 is 0 Å². The van der Waals surface area contributed by atoms with Crippen molar-refractivity contribution in [3.63, 3.8) is 0 Å². The van der Waals surface area contributed by atoms with Gasteiger partial charge in [0, 0.05) is 32.4 Å². The lowest BCUT2D eigenvalue weighted by Gasteiger charge is -2.15.